The van der Waals surface area contributed by atoms with Gasteiger partial charge in [0, 0.05) is 17.9 Å². The van der Waals surface area contributed by atoms with Gasteiger partial charge in [-0.1, -0.05) is 0 Å². The Balaban J connectivity index is 0.00000338. The normalized spacial score (nSPS) is 11.1. The first kappa shape index (κ1) is 23.0. The van der Waals surface area contributed by atoms with Crippen LogP contribution in [0, 0.1) is 27.7 Å². The molecular weight excluding hydrogens is 359 g/mol. The third kappa shape index (κ3) is 5.99. The number of rotatable bonds is 6. The van der Waals surface area contributed by atoms with Crippen LogP contribution in [-0.4, -0.2) is 54.8 Å². The van der Waals surface area contributed by atoms with E-state index in [1.807, 2.05) is 27.7 Å². The summed E-state index contributed by atoms with van der Waals surface area (Å²) >= 11 is 0. The van der Waals surface area contributed by atoms with Crippen molar-refractivity contribution in [3.63, 3.8) is 0 Å². The van der Waals surface area contributed by atoms with E-state index >= 15 is 0 Å². The molecule has 5 nitrogen and oxygen atoms in total. The van der Waals surface area contributed by atoms with Crippen molar-refractivity contribution in [1.29, 1.82) is 0 Å². The fraction of sp³-hybridized carbons (Fsp3) is 0.368. The molecule has 0 aromatic heterocycles. The van der Waals surface area contributed by atoms with Gasteiger partial charge in [0.2, 0.25) is 0 Å². The van der Waals surface area contributed by atoms with Gasteiger partial charge in [0.15, 0.2) is 0 Å². The summed E-state index contributed by atoms with van der Waals surface area (Å²) in [6.07, 6.45) is 0.357. The molecule has 4 N–H and O–H groups in total. The molecule has 0 atom stereocenters. The molecule has 0 unspecified atom stereocenters. The van der Waals surface area contributed by atoms with Gasteiger partial charge in [-0.05, 0) is 91.8 Å². The fourth-order valence-electron chi connectivity index (χ4n) is 3.02. The number of benzene rings is 2. The third-order valence-electron chi connectivity index (χ3n) is 4.34. The molecule has 26 heavy (non-hydrogen) atoms. The molecule has 2 rings (SSSR count). The van der Waals surface area contributed by atoms with E-state index in [9.17, 15) is 8.42 Å². The quantitative estimate of drug-likeness (QED) is 0.307. The molecule has 0 saturated heterocycles. The fourth-order valence-corrected chi connectivity index (χ4v) is 3.53. The van der Waals surface area contributed by atoms with Crippen molar-refractivity contribution in [2.75, 3.05) is 23.3 Å². The standard InChI is InChI=1S/C19H26N2O3S.Na.H/c1-12-8-16(9-13(2)18(12)20)17-10-14(3)19(15(4)11-17)21-6-5-7-25(22,23)24;;/h8-11,21H,5-7,20H2,1-4H3,(H,22,23,24);;. The van der Waals surface area contributed by atoms with Gasteiger partial charge in [0.25, 0.3) is 10.1 Å². The van der Waals surface area contributed by atoms with Gasteiger partial charge in [0.05, 0.1) is 5.75 Å². The topological polar surface area (TPSA) is 92.4 Å². The number of hydrogen-bond donors (Lipinski definition) is 3. The van der Waals surface area contributed by atoms with Crippen LogP contribution >= 0.6 is 0 Å². The van der Waals surface area contributed by atoms with E-state index in [1.54, 1.807) is 0 Å². The molecule has 0 spiro atoms. The second-order valence-electron chi connectivity index (χ2n) is 6.58. The van der Waals surface area contributed by atoms with E-state index in [1.165, 1.54) is 0 Å². The Hall–Kier alpha value is -1.05. The summed E-state index contributed by atoms with van der Waals surface area (Å²) in [6, 6.07) is 8.41. The van der Waals surface area contributed by atoms with Gasteiger partial charge < -0.3 is 11.1 Å². The van der Waals surface area contributed by atoms with Crippen molar-refractivity contribution in [2.45, 2.75) is 34.1 Å². The van der Waals surface area contributed by atoms with E-state index in [2.05, 4.69) is 29.6 Å². The second-order valence-corrected chi connectivity index (χ2v) is 8.15. The van der Waals surface area contributed by atoms with Gasteiger partial charge >= 0.3 is 29.6 Å². The number of nitrogens with one attached hydrogen (secondary N) is 1. The first-order valence-electron chi connectivity index (χ1n) is 8.26. The third-order valence-corrected chi connectivity index (χ3v) is 5.15. The Kier molecular flexibility index (Phi) is 8.17. The number of aryl methyl sites for hydroxylation is 4. The summed E-state index contributed by atoms with van der Waals surface area (Å²) in [7, 11) is -3.90. The van der Waals surface area contributed by atoms with Gasteiger partial charge in [-0.3, -0.25) is 4.55 Å². The van der Waals surface area contributed by atoms with Crippen LogP contribution in [0.3, 0.4) is 0 Å². The molecule has 0 aliphatic carbocycles. The number of nitrogen functional groups attached to an aromatic ring is 1. The Labute approximate surface area is 178 Å². The zero-order valence-corrected chi connectivity index (χ0v) is 16.0. The molecule has 7 heteroatoms. The zero-order chi connectivity index (χ0) is 18.8. The van der Waals surface area contributed by atoms with Crippen LogP contribution in [0.25, 0.3) is 11.1 Å². The van der Waals surface area contributed by atoms with Crippen molar-refractivity contribution in [3.05, 3.63) is 46.5 Å². The molecule has 0 amide bonds. The van der Waals surface area contributed by atoms with Crippen LogP contribution < -0.4 is 11.1 Å². The molecule has 0 aliphatic rings. The van der Waals surface area contributed by atoms with E-state index in [0.717, 1.165) is 44.8 Å². The molecule has 138 valence electrons. The van der Waals surface area contributed by atoms with Gasteiger partial charge in [-0.2, -0.15) is 8.42 Å². The molecule has 0 radical (unpaired) electrons. The maximum atomic E-state index is 10.8. The molecular formula is C19H27N2NaO3S. The summed E-state index contributed by atoms with van der Waals surface area (Å²) in [6.45, 7) is 8.56. The number of hydrogen-bond acceptors (Lipinski definition) is 4. The molecule has 0 bridgehead atoms. The monoisotopic (exact) mass is 386 g/mol. The molecule has 0 saturated carbocycles. The van der Waals surface area contributed by atoms with Crippen molar-refractivity contribution in [3.8, 4) is 11.1 Å². The first-order valence-corrected chi connectivity index (χ1v) is 9.87. The van der Waals surface area contributed by atoms with Gasteiger partial charge in [-0.15, -0.1) is 0 Å². The summed E-state index contributed by atoms with van der Waals surface area (Å²) in [5, 5.41) is 3.27. The minimum absolute atomic E-state index is 0. The Morgan fingerprint density at radius 3 is 1.77 bits per heavy atom. The van der Waals surface area contributed by atoms with Crippen LogP contribution in [0.2, 0.25) is 0 Å². The van der Waals surface area contributed by atoms with Gasteiger partial charge in [0.1, 0.15) is 0 Å². The van der Waals surface area contributed by atoms with E-state index < -0.39 is 10.1 Å². The van der Waals surface area contributed by atoms with Crippen molar-refractivity contribution >= 4 is 51.1 Å². The van der Waals surface area contributed by atoms with Crippen LogP contribution in [0.1, 0.15) is 28.7 Å². The summed E-state index contributed by atoms with van der Waals surface area (Å²) < 4.78 is 30.3. The van der Waals surface area contributed by atoms with Crippen molar-refractivity contribution < 1.29 is 13.0 Å². The van der Waals surface area contributed by atoms with E-state index in [0.29, 0.717) is 13.0 Å². The molecule has 0 fully saturated rings. The minimum atomic E-state index is -3.90. The predicted molar refractivity (Wildman–Crippen MR) is 112 cm³/mol. The average Bonchev–Trinajstić information content (AvgIpc) is 2.49. The number of anilines is 2. The van der Waals surface area contributed by atoms with Crippen molar-refractivity contribution in [1.82, 2.24) is 0 Å². The van der Waals surface area contributed by atoms with Crippen LogP contribution in [-0.2, 0) is 10.1 Å². The van der Waals surface area contributed by atoms with Crippen LogP contribution in [0.4, 0.5) is 11.4 Å². The maximum absolute atomic E-state index is 10.8. The van der Waals surface area contributed by atoms with Crippen LogP contribution in [0.5, 0.6) is 0 Å². The predicted octanol–water partition coefficient (Wildman–Crippen LogP) is 3.21. The summed E-state index contributed by atoms with van der Waals surface area (Å²) in [4.78, 5) is 0. The molecule has 2 aromatic carbocycles. The Morgan fingerprint density at radius 2 is 1.35 bits per heavy atom. The Bertz CT molecular complexity index is 850. The second kappa shape index (κ2) is 9.24. The van der Waals surface area contributed by atoms with Crippen molar-refractivity contribution in [2.24, 2.45) is 0 Å². The zero-order valence-electron chi connectivity index (χ0n) is 15.2. The molecule has 2 aromatic rings. The summed E-state index contributed by atoms with van der Waals surface area (Å²) in [5.74, 6) is -0.236. The first-order chi connectivity index (χ1) is 11.6. The Morgan fingerprint density at radius 1 is 0.923 bits per heavy atom. The average molecular weight is 386 g/mol. The van der Waals surface area contributed by atoms with E-state index in [4.69, 9.17) is 10.3 Å². The van der Waals surface area contributed by atoms with Gasteiger partial charge in [-0.25, -0.2) is 0 Å². The van der Waals surface area contributed by atoms with E-state index in [-0.39, 0.29) is 35.3 Å². The molecule has 0 aliphatic heterocycles. The molecule has 0 heterocycles. The van der Waals surface area contributed by atoms with Crippen LogP contribution in [0.15, 0.2) is 24.3 Å². The SMILES string of the molecule is Cc1cc(-c2cc(C)c(NCCCS(=O)(=O)O)c(C)c2)cc(C)c1N.[NaH]. The summed E-state index contributed by atoms with van der Waals surface area (Å²) in [5.41, 5.74) is 14.5. The number of nitrogens with two attached hydrogens (primary N) is 1.